The van der Waals surface area contributed by atoms with Crippen LogP contribution in [-0.2, 0) is 6.54 Å². The maximum Gasteiger partial charge on any atom is 0.297 e. The molecule has 16 heavy (non-hydrogen) atoms. The van der Waals surface area contributed by atoms with Crippen molar-refractivity contribution in [3.05, 3.63) is 12.0 Å². The molecule has 0 bridgehead atoms. The molecule has 4 heteroatoms. The average molecular weight is 223 g/mol. The molecule has 1 saturated heterocycles. The van der Waals surface area contributed by atoms with E-state index in [2.05, 4.69) is 29.0 Å². The van der Waals surface area contributed by atoms with Gasteiger partial charge in [-0.05, 0) is 32.7 Å². The molecule has 0 saturated carbocycles. The van der Waals surface area contributed by atoms with Crippen LogP contribution in [0, 0.1) is 5.92 Å². The van der Waals surface area contributed by atoms with Crippen molar-refractivity contribution in [3.8, 4) is 0 Å². The van der Waals surface area contributed by atoms with Gasteiger partial charge in [0, 0.05) is 19.1 Å². The van der Waals surface area contributed by atoms with E-state index in [1.54, 1.807) is 6.26 Å². The summed E-state index contributed by atoms with van der Waals surface area (Å²) in [6.45, 7) is 6.38. The summed E-state index contributed by atoms with van der Waals surface area (Å²) >= 11 is 0. The summed E-state index contributed by atoms with van der Waals surface area (Å²) in [5, 5.41) is 3.08. The van der Waals surface area contributed by atoms with Crippen molar-refractivity contribution < 1.29 is 4.42 Å². The maximum atomic E-state index is 5.55. The van der Waals surface area contributed by atoms with E-state index in [1.165, 1.54) is 12.8 Å². The number of hydrogen-bond acceptors (Lipinski definition) is 4. The van der Waals surface area contributed by atoms with E-state index in [4.69, 9.17) is 4.42 Å². The van der Waals surface area contributed by atoms with Crippen molar-refractivity contribution in [3.63, 3.8) is 0 Å². The van der Waals surface area contributed by atoms with Crippen molar-refractivity contribution >= 4 is 6.01 Å². The smallest absolute Gasteiger partial charge is 0.297 e. The number of piperidine rings is 1. The van der Waals surface area contributed by atoms with Gasteiger partial charge in [0.2, 0.25) is 0 Å². The second-order valence-electron chi connectivity index (χ2n) is 4.71. The van der Waals surface area contributed by atoms with Gasteiger partial charge in [-0.25, -0.2) is 0 Å². The summed E-state index contributed by atoms with van der Waals surface area (Å²) in [6.07, 6.45) is 4.29. The van der Waals surface area contributed by atoms with Crippen LogP contribution in [0.5, 0.6) is 0 Å². The molecule has 0 radical (unpaired) electrons. The lowest BCUT2D eigenvalue weighted by molar-refractivity contribution is 0.343. The first-order chi connectivity index (χ1) is 7.72. The highest BCUT2D eigenvalue weighted by molar-refractivity contribution is 5.30. The minimum atomic E-state index is 0.523. The van der Waals surface area contributed by atoms with Crippen LogP contribution in [0.25, 0.3) is 0 Å². The van der Waals surface area contributed by atoms with E-state index in [0.29, 0.717) is 12.0 Å². The second kappa shape index (κ2) is 4.87. The van der Waals surface area contributed by atoms with Gasteiger partial charge >= 0.3 is 0 Å². The molecule has 2 atom stereocenters. The molecule has 4 nitrogen and oxygen atoms in total. The third-order valence-corrected chi connectivity index (χ3v) is 3.52. The van der Waals surface area contributed by atoms with Gasteiger partial charge in [-0.15, -0.1) is 0 Å². The average Bonchev–Trinajstić information content (AvgIpc) is 2.71. The zero-order valence-corrected chi connectivity index (χ0v) is 10.4. The lowest BCUT2D eigenvalue weighted by atomic mass is 9.92. The Labute approximate surface area is 97.0 Å². The van der Waals surface area contributed by atoms with Crippen molar-refractivity contribution in [2.24, 2.45) is 5.92 Å². The summed E-state index contributed by atoms with van der Waals surface area (Å²) in [7, 11) is 1.92. The number of anilines is 1. The molecule has 1 aliphatic heterocycles. The predicted molar refractivity (Wildman–Crippen MR) is 64.5 cm³/mol. The Morgan fingerprint density at radius 1 is 1.56 bits per heavy atom. The number of hydrogen-bond donors (Lipinski definition) is 1. The molecule has 0 spiro atoms. The molecule has 1 aromatic rings. The summed E-state index contributed by atoms with van der Waals surface area (Å²) in [5.41, 5.74) is 0.975. The highest BCUT2D eigenvalue weighted by atomic mass is 16.4. The Kier molecular flexibility index (Phi) is 3.49. The lowest BCUT2D eigenvalue weighted by Gasteiger charge is -2.36. The minimum absolute atomic E-state index is 0.523. The number of rotatable bonds is 3. The fourth-order valence-corrected chi connectivity index (χ4v) is 2.30. The fraction of sp³-hybridized carbons (Fsp3) is 0.750. The first-order valence-electron chi connectivity index (χ1n) is 6.08. The number of nitrogens with one attached hydrogen (secondary N) is 1. The molecule has 0 aliphatic carbocycles. The van der Waals surface area contributed by atoms with Crippen LogP contribution in [-0.4, -0.2) is 24.6 Å². The van der Waals surface area contributed by atoms with Gasteiger partial charge in [-0.3, -0.25) is 0 Å². The Balaban J connectivity index is 2.09. The largest absolute Gasteiger partial charge is 0.432 e. The van der Waals surface area contributed by atoms with Crippen LogP contribution in [0.2, 0.25) is 0 Å². The van der Waals surface area contributed by atoms with Gasteiger partial charge in [0.05, 0.1) is 5.69 Å². The fourth-order valence-electron chi connectivity index (χ4n) is 2.30. The molecular formula is C12H21N3O. The Morgan fingerprint density at radius 3 is 3.12 bits per heavy atom. The van der Waals surface area contributed by atoms with Crippen molar-refractivity contribution in [1.29, 1.82) is 0 Å². The summed E-state index contributed by atoms with van der Waals surface area (Å²) in [4.78, 5) is 6.79. The highest BCUT2D eigenvalue weighted by Gasteiger charge is 2.27. The van der Waals surface area contributed by atoms with Crippen LogP contribution in [0.1, 0.15) is 32.4 Å². The number of aromatic nitrogens is 1. The zero-order chi connectivity index (χ0) is 11.5. The number of oxazole rings is 1. The predicted octanol–water partition coefficient (Wildman–Crippen LogP) is 2.02. The van der Waals surface area contributed by atoms with Gasteiger partial charge < -0.3 is 14.6 Å². The monoisotopic (exact) mass is 223 g/mol. The van der Waals surface area contributed by atoms with E-state index in [9.17, 15) is 0 Å². The second-order valence-corrected chi connectivity index (χ2v) is 4.71. The van der Waals surface area contributed by atoms with Crippen molar-refractivity contribution in [2.75, 3.05) is 18.5 Å². The van der Waals surface area contributed by atoms with Crippen LogP contribution in [0.3, 0.4) is 0 Å². The molecule has 2 unspecified atom stereocenters. The normalized spacial score (nSPS) is 26.1. The molecule has 1 N–H and O–H groups in total. The quantitative estimate of drug-likeness (QED) is 0.851. The van der Waals surface area contributed by atoms with Gasteiger partial charge in [0.25, 0.3) is 6.01 Å². The van der Waals surface area contributed by atoms with Gasteiger partial charge in [-0.1, -0.05) is 6.92 Å². The van der Waals surface area contributed by atoms with Crippen molar-refractivity contribution in [2.45, 2.75) is 39.3 Å². The van der Waals surface area contributed by atoms with Gasteiger partial charge in [-0.2, -0.15) is 4.98 Å². The first kappa shape index (κ1) is 11.5. The topological polar surface area (TPSA) is 41.3 Å². The van der Waals surface area contributed by atoms with E-state index >= 15 is 0 Å². The standard InChI is InChI=1S/C12H21N3O/c1-9-5-4-6-15(10(9)2)12-14-11(7-13-3)8-16-12/h8-10,13H,4-7H2,1-3H3. The molecular weight excluding hydrogens is 202 g/mol. The maximum absolute atomic E-state index is 5.55. The van der Waals surface area contributed by atoms with Crippen LogP contribution in [0.15, 0.2) is 10.7 Å². The van der Waals surface area contributed by atoms with E-state index < -0.39 is 0 Å². The summed E-state index contributed by atoms with van der Waals surface area (Å²) in [6, 6.07) is 1.30. The number of nitrogens with zero attached hydrogens (tertiary/aromatic N) is 2. The van der Waals surface area contributed by atoms with Gasteiger partial charge in [0.15, 0.2) is 0 Å². The Morgan fingerprint density at radius 2 is 2.38 bits per heavy atom. The van der Waals surface area contributed by atoms with E-state index in [-0.39, 0.29) is 0 Å². The molecule has 1 fully saturated rings. The third-order valence-electron chi connectivity index (χ3n) is 3.52. The van der Waals surface area contributed by atoms with Crippen LogP contribution in [0.4, 0.5) is 6.01 Å². The van der Waals surface area contributed by atoms with Gasteiger partial charge in [0.1, 0.15) is 6.26 Å². The summed E-state index contributed by atoms with van der Waals surface area (Å²) < 4.78 is 5.55. The van der Waals surface area contributed by atoms with E-state index in [0.717, 1.165) is 24.8 Å². The molecule has 90 valence electrons. The van der Waals surface area contributed by atoms with Crippen LogP contribution < -0.4 is 10.2 Å². The van der Waals surface area contributed by atoms with Crippen LogP contribution >= 0.6 is 0 Å². The SMILES string of the molecule is CNCc1coc(N2CCCC(C)C2C)n1. The molecule has 2 rings (SSSR count). The Bertz CT molecular complexity index is 337. The third kappa shape index (κ3) is 2.21. The molecule has 2 heterocycles. The molecule has 1 aliphatic rings. The minimum Gasteiger partial charge on any atom is -0.432 e. The first-order valence-corrected chi connectivity index (χ1v) is 6.08. The van der Waals surface area contributed by atoms with E-state index in [1.807, 2.05) is 7.05 Å². The lowest BCUT2D eigenvalue weighted by Crippen LogP contribution is -2.42. The zero-order valence-electron chi connectivity index (χ0n) is 10.4. The van der Waals surface area contributed by atoms with Crippen molar-refractivity contribution in [1.82, 2.24) is 10.3 Å². The molecule has 0 amide bonds. The molecule has 0 aromatic carbocycles. The molecule has 1 aromatic heterocycles. The summed E-state index contributed by atoms with van der Waals surface area (Å²) in [5.74, 6) is 0.716. The Hall–Kier alpha value is -1.03. The highest BCUT2D eigenvalue weighted by Crippen LogP contribution is 2.27.